The summed E-state index contributed by atoms with van der Waals surface area (Å²) in [5, 5.41) is 5.87. The lowest BCUT2D eigenvalue weighted by molar-refractivity contribution is 0.184. The van der Waals surface area contributed by atoms with Crippen LogP contribution in [0.25, 0.3) is 0 Å². The Balaban J connectivity index is 1.98. The number of ether oxygens (including phenoxy) is 1. The number of rotatable bonds is 6. The van der Waals surface area contributed by atoms with Crippen molar-refractivity contribution in [2.45, 2.75) is 13.2 Å². The van der Waals surface area contributed by atoms with Crippen LogP contribution in [0.1, 0.15) is 11.1 Å². The number of anilines is 2. The van der Waals surface area contributed by atoms with E-state index in [0.29, 0.717) is 18.8 Å². The second-order valence-electron chi connectivity index (χ2n) is 4.62. The zero-order valence-electron chi connectivity index (χ0n) is 11.9. The molecule has 2 aromatic carbocycles. The van der Waals surface area contributed by atoms with Crippen LogP contribution in [0.3, 0.4) is 0 Å². The fourth-order valence-electron chi connectivity index (χ4n) is 2.04. The Labute approximate surface area is 124 Å². The summed E-state index contributed by atoms with van der Waals surface area (Å²) in [6, 6.07) is 15.0. The summed E-state index contributed by atoms with van der Waals surface area (Å²) in [6.45, 7) is 1.31. The Kier molecular flexibility index (Phi) is 5.17. The molecule has 5 nitrogen and oxygen atoms in total. The van der Waals surface area contributed by atoms with E-state index in [9.17, 15) is 4.79 Å². The number of nitrogens with one attached hydrogen (secondary N) is 2. The number of methoxy groups -OCH3 is 1. The molecule has 0 saturated heterocycles. The van der Waals surface area contributed by atoms with Crippen molar-refractivity contribution in [3.8, 4) is 0 Å². The van der Waals surface area contributed by atoms with Gasteiger partial charge < -0.3 is 21.1 Å². The molecule has 0 atom stereocenters. The van der Waals surface area contributed by atoms with Gasteiger partial charge in [0.1, 0.15) is 0 Å². The minimum atomic E-state index is -0.566. The minimum absolute atomic E-state index is 0.566. The third-order valence-corrected chi connectivity index (χ3v) is 3.05. The van der Waals surface area contributed by atoms with Crippen LogP contribution in [-0.2, 0) is 17.9 Å². The molecule has 0 saturated carbocycles. The zero-order chi connectivity index (χ0) is 15.1. The molecule has 0 bridgehead atoms. The number of hydrogen-bond donors (Lipinski definition) is 3. The highest BCUT2D eigenvalue weighted by molar-refractivity contribution is 5.87. The molecule has 0 aromatic heterocycles. The lowest BCUT2D eigenvalue weighted by Crippen LogP contribution is -2.19. The smallest absolute Gasteiger partial charge is 0.316 e. The number of carbonyl (C=O) groups is 1. The van der Waals surface area contributed by atoms with Crippen LogP contribution in [0.2, 0.25) is 0 Å². The Hall–Kier alpha value is -2.53. The number of amides is 2. The summed E-state index contributed by atoms with van der Waals surface area (Å²) < 4.78 is 5.19. The molecule has 0 radical (unpaired) electrons. The van der Waals surface area contributed by atoms with Crippen molar-refractivity contribution in [2.24, 2.45) is 5.73 Å². The first kappa shape index (κ1) is 14.9. The van der Waals surface area contributed by atoms with Crippen LogP contribution in [0, 0.1) is 0 Å². The quantitative estimate of drug-likeness (QED) is 0.763. The van der Waals surface area contributed by atoms with Gasteiger partial charge in [-0.15, -0.1) is 0 Å². The van der Waals surface area contributed by atoms with Crippen LogP contribution in [0.5, 0.6) is 0 Å². The molecule has 0 aliphatic carbocycles. The van der Waals surface area contributed by atoms with Gasteiger partial charge in [0.2, 0.25) is 0 Å². The molecule has 4 N–H and O–H groups in total. The molecule has 2 amide bonds. The van der Waals surface area contributed by atoms with E-state index in [4.69, 9.17) is 10.5 Å². The minimum Gasteiger partial charge on any atom is -0.381 e. The van der Waals surface area contributed by atoms with Crippen LogP contribution in [0.4, 0.5) is 16.2 Å². The fraction of sp³-hybridized carbons (Fsp3) is 0.188. The van der Waals surface area contributed by atoms with E-state index in [1.807, 2.05) is 24.3 Å². The monoisotopic (exact) mass is 285 g/mol. The highest BCUT2D eigenvalue weighted by Gasteiger charge is 2.02. The highest BCUT2D eigenvalue weighted by Crippen LogP contribution is 2.16. The van der Waals surface area contributed by atoms with Crippen molar-refractivity contribution in [2.75, 3.05) is 17.7 Å². The number of benzene rings is 2. The van der Waals surface area contributed by atoms with Crippen LogP contribution in [-0.4, -0.2) is 13.1 Å². The molecule has 0 spiro atoms. The molecule has 2 rings (SSSR count). The first-order valence-corrected chi connectivity index (χ1v) is 6.65. The molecular formula is C16H19N3O2. The van der Waals surface area contributed by atoms with E-state index in [-0.39, 0.29) is 0 Å². The second-order valence-corrected chi connectivity index (χ2v) is 4.62. The summed E-state index contributed by atoms with van der Waals surface area (Å²) >= 11 is 0. The molecule has 0 heterocycles. The number of nitrogens with two attached hydrogens (primary N) is 1. The van der Waals surface area contributed by atoms with E-state index in [2.05, 4.69) is 22.8 Å². The van der Waals surface area contributed by atoms with Gasteiger partial charge in [-0.2, -0.15) is 0 Å². The maximum Gasteiger partial charge on any atom is 0.316 e. The van der Waals surface area contributed by atoms with E-state index < -0.39 is 6.03 Å². The van der Waals surface area contributed by atoms with Crippen molar-refractivity contribution in [3.05, 3.63) is 59.7 Å². The molecule has 0 aliphatic rings. The molecule has 21 heavy (non-hydrogen) atoms. The predicted molar refractivity (Wildman–Crippen MR) is 84.1 cm³/mol. The van der Waals surface area contributed by atoms with Gasteiger partial charge in [0.25, 0.3) is 0 Å². The van der Waals surface area contributed by atoms with Gasteiger partial charge in [-0.3, -0.25) is 0 Å². The largest absolute Gasteiger partial charge is 0.381 e. The summed E-state index contributed by atoms with van der Waals surface area (Å²) in [6.07, 6.45) is 0. The average molecular weight is 285 g/mol. The predicted octanol–water partition coefficient (Wildman–Crippen LogP) is 2.94. The standard InChI is InChI=1S/C16H19N3O2/c1-21-11-13-5-3-2-4-12(13)10-18-14-6-8-15(9-7-14)19-16(17)20/h2-9,18H,10-11H2,1H3,(H3,17,19,20). The Morgan fingerprint density at radius 3 is 2.29 bits per heavy atom. The molecule has 2 aromatic rings. The summed E-state index contributed by atoms with van der Waals surface area (Å²) in [5.74, 6) is 0. The Morgan fingerprint density at radius 2 is 1.67 bits per heavy atom. The van der Waals surface area contributed by atoms with Crippen molar-refractivity contribution in [3.63, 3.8) is 0 Å². The molecule has 110 valence electrons. The maximum absolute atomic E-state index is 10.7. The van der Waals surface area contributed by atoms with Gasteiger partial charge in [-0.25, -0.2) is 4.79 Å². The highest BCUT2D eigenvalue weighted by atomic mass is 16.5. The van der Waals surface area contributed by atoms with Crippen LogP contribution < -0.4 is 16.4 Å². The van der Waals surface area contributed by atoms with Gasteiger partial charge >= 0.3 is 6.03 Å². The van der Waals surface area contributed by atoms with Gasteiger partial charge in [0.05, 0.1) is 6.61 Å². The molecular weight excluding hydrogens is 266 g/mol. The summed E-state index contributed by atoms with van der Waals surface area (Å²) in [5.41, 5.74) is 9.07. The molecule has 0 unspecified atom stereocenters. The van der Waals surface area contributed by atoms with Gasteiger partial charge in [-0.05, 0) is 35.4 Å². The zero-order valence-corrected chi connectivity index (χ0v) is 11.9. The molecule has 5 heteroatoms. The van der Waals surface area contributed by atoms with Gasteiger partial charge in [0, 0.05) is 25.0 Å². The van der Waals surface area contributed by atoms with Gasteiger partial charge in [-0.1, -0.05) is 24.3 Å². The van der Waals surface area contributed by atoms with E-state index in [0.717, 1.165) is 5.69 Å². The topological polar surface area (TPSA) is 76.4 Å². The Bertz CT molecular complexity index is 597. The third kappa shape index (κ3) is 4.50. The average Bonchev–Trinajstić information content (AvgIpc) is 2.48. The van der Waals surface area contributed by atoms with Crippen LogP contribution in [0.15, 0.2) is 48.5 Å². The third-order valence-electron chi connectivity index (χ3n) is 3.05. The fourth-order valence-corrected chi connectivity index (χ4v) is 2.04. The van der Waals surface area contributed by atoms with Crippen LogP contribution >= 0.6 is 0 Å². The lowest BCUT2D eigenvalue weighted by atomic mass is 10.1. The lowest BCUT2D eigenvalue weighted by Gasteiger charge is -2.11. The molecule has 0 fully saturated rings. The number of urea groups is 1. The van der Waals surface area contributed by atoms with Gasteiger partial charge in [0.15, 0.2) is 0 Å². The first-order chi connectivity index (χ1) is 10.2. The first-order valence-electron chi connectivity index (χ1n) is 6.65. The number of carbonyl (C=O) groups excluding carboxylic acids is 1. The number of primary amides is 1. The Morgan fingerprint density at radius 1 is 1.05 bits per heavy atom. The van der Waals surface area contributed by atoms with Crippen molar-refractivity contribution in [1.82, 2.24) is 0 Å². The summed E-state index contributed by atoms with van der Waals surface area (Å²) in [7, 11) is 1.69. The molecule has 0 aliphatic heterocycles. The van der Waals surface area contributed by atoms with Crippen molar-refractivity contribution in [1.29, 1.82) is 0 Å². The van der Waals surface area contributed by atoms with Crippen molar-refractivity contribution < 1.29 is 9.53 Å². The van der Waals surface area contributed by atoms with E-state index in [1.165, 1.54) is 11.1 Å². The van der Waals surface area contributed by atoms with E-state index >= 15 is 0 Å². The van der Waals surface area contributed by atoms with Crippen molar-refractivity contribution >= 4 is 17.4 Å². The SMILES string of the molecule is COCc1ccccc1CNc1ccc(NC(N)=O)cc1. The summed E-state index contributed by atoms with van der Waals surface area (Å²) in [4.78, 5) is 10.7. The van der Waals surface area contributed by atoms with E-state index in [1.54, 1.807) is 19.2 Å². The maximum atomic E-state index is 10.7. The second kappa shape index (κ2) is 7.31. The number of hydrogen-bond acceptors (Lipinski definition) is 3. The normalized spacial score (nSPS) is 10.1.